The lowest BCUT2D eigenvalue weighted by molar-refractivity contribution is -0.137. The molecule has 0 spiro atoms. The fraction of sp³-hybridized carbons (Fsp3) is 0.560. The summed E-state index contributed by atoms with van der Waals surface area (Å²) in [5.41, 5.74) is 3.40. The van der Waals surface area contributed by atoms with Crippen LogP contribution in [-0.4, -0.2) is 77.1 Å². The summed E-state index contributed by atoms with van der Waals surface area (Å²) in [4.78, 5) is 29.7. The third-order valence-electron chi connectivity index (χ3n) is 7.63. The van der Waals surface area contributed by atoms with Gasteiger partial charge in [-0.05, 0) is 36.5 Å². The molecule has 1 amide bonds. The highest BCUT2D eigenvalue weighted by Gasteiger charge is 2.33. The third kappa shape index (κ3) is 3.72. The molecule has 4 aliphatic rings. The second-order valence-corrected chi connectivity index (χ2v) is 9.49. The number of ether oxygens (including phenoxy) is 1. The molecule has 1 saturated carbocycles. The molecule has 2 aromatic rings. The summed E-state index contributed by atoms with van der Waals surface area (Å²) >= 11 is 0. The maximum atomic E-state index is 13.2. The Labute approximate surface area is 189 Å². The number of hydrogen-bond acceptors (Lipinski definition) is 6. The molecule has 1 unspecified atom stereocenters. The van der Waals surface area contributed by atoms with Gasteiger partial charge in [-0.15, -0.1) is 0 Å². The van der Waals surface area contributed by atoms with Gasteiger partial charge in [0.1, 0.15) is 5.75 Å². The van der Waals surface area contributed by atoms with Crippen LogP contribution in [0, 0.1) is 0 Å². The van der Waals surface area contributed by atoms with E-state index >= 15 is 0 Å². The minimum Gasteiger partial charge on any atom is -0.480 e. The minimum absolute atomic E-state index is 0.0919. The number of anilines is 1. The number of amides is 1. The summed E-state index contributed by atoms with van der Waals surface area (Å²) in [7, 11) is 0. The molecule has 4 heterocycles. The van der Waals surface area contributed by atoms with Crippen molar-refractivity contribution in [1.82, 2.24) is 19.8 Å². The van der Waals surface area contributed by atoms with Gasteiger partial charge in [0, 0.05) is 64.3 Å². The highest BCUT2D eigenvalue weighted by Crippen LogP contribution is 2.30. The predicted molar refractivity (Wildman–Crippen MR) is 122 cm³/mol. The van der Waals surface area contributed by atoms with Gasteiger partial charge in [0.2, 0.25) is 5.95 Å². The fourth-order valence-corrected chi connectivity index (χ4v) is 5.40. The first-order valence-corrected chi connectivity index (χ1v) is 12.1. The molecule has 0 bridgehead atoms. The van der Waals surface area contributed by atoms with Crippen LogP contribution in [0.4, 0.5) is 5.95 Å². The van der Waals surface area contributed by atoms with Gasteiger partial charge in [0.25, 0.3) is 5.91 Å². The molecule has 3 aliphatic heterocycles. The lowest BCUT2D eigenvalue weighted by Crippen LogP contribution is -2.52. The number of nitrogens with zero attached hydrogens (tertiary/aromatic N) is 5. The monoisotopic (exact) mass is 433 g/mol. The van der Waals surface area contributed by atoms with Crippen molar-refractivity contribution in [2.24, 2.45) is 0 Å². The summed E-state index contributed by atoms with van der Waals surface area (Å²) in [6.07, 6.45) is 7.95. The van der Waals surface area contributed by atoms with Gasteiger partial charge < -0.3 is 14.5 Å². The maximum Gasteiger partial charge on any atom is 0.264 e. The van der Waals surface area contributed by atoms with E-state index in [0.29, 0.717) is 19.5 Å². The quantitative estimate of drug-likeness (QED) is 0.739. The van der Waals surface area contributed by atoms with Crippen LogP contribution in [0.5, 0.6) is 5.75 Å². The van der Waals surface area contributed by atoms with Crippen molar-refractivity contribution in [2.75, 3.05) is 44.2 Å². The molecule has 0 radical (unpaired) electrons. The van der Waals surface area contributed by atoms with E-state index < -0.39 is 6.10 Å². The molecule has 2 fully saturated rings. The zero-order valence-corrected chi connectivity index (χ0v) is 18.6. The lowest BCUT2D eigenvalue weighted by atomic mass is 9.91. The molecule has 7 nitrogen and oxygen atoms in total. The molecule has 1 aromatic carbocycles. The van der Waals surface area contributed by atoms with Gasteiger partial charge in [0.15, 0.2) is 6.10 Å². The van der Waals surface area contributed by atoms with Crippen LogP contribution in [0.1, 0.15) is 36.1 Å². The van der Waals surface area contributed by atoms with E-state index in [9.17, 15) is 4.79 Å². The SMILES string of the molecule is O=C(C1Cc2ccccc2O1)N1CCc2cnc(N3CCN(C4CCC4)CC3)nc2CC1. The number of fused-ring (bicyclic) bond motifs is 2. The Morgan fingerprint density at radius 1 is 0.969 bits per heavy atom. The van der Waals surface area contributed by atoms with Gasteiger partial charge in [-0.1, -0.05) is 24.6 Å². The first-order chi connectivity index (χ1) is 15.7. The molecule has 168 valence electrons. The Kier molecular flexibility index (Phi) is 5.21. The Morgan fingerprint density at radius 3 is 2.56 bits per heavy atom. The molecular formula is C25H31N5O2. The van der Waals surface area contributed by atoms with E-state index in [0.717, 1.165) is 68.0 Å². The molecule has 1 aromatic heterocycles. The van der Waals surface area contributed by atoms with Crippen LogP contribution < -0.4 is 9.64 Å². The van der Waals surface area contributed by atoms with E-state index in [1.807, 2.05) is 35.4 Å². The van der Waals surface area contributed by atoms with Gasteiger partial charge in [-0.25, -0.2) is 9.97 Å². The molecular weight excluding hydrogens is 402 g/mol. The summed E-state index contributed by atoms with van der Waals surface area (Å²) in [5.74, 6) is 1.79. The Hall–Kier alpha value is -2.67. The number of carbonyl (C=O) groups is 1. The Balaban J connectivity index is 1.09. The minimum atomic E-state index is -0.401. The number of piperazine rings is 1. The number of rotatable bonds is 3. The predicted octanol–water partition coefficient (Wildman–Crippen LogP) is 2.08. The third-order valence-corrected chi connectivity index (χ3v) is 7.63. The molecule has 1 atom stereocenters. The van der Waals surface area contributed by atoms with E-state index in [1.54, 1.807) is 0 Å². The number of hydrogen-bond donors (Lipinski definition) is 0. The first kappa shape index (κ1) is 20.0. The van der Waals surface area contributed by atoms with Crippen molar-refractivity contribution in [1.29, 1.82) is 0 Å². The second-order valence-electron chi connectivity index (χ2n) is 9.49. The van der Waals surface area contributed by atoms with Crippen LogP contribution in [0.25, 0.3) is 0 Å². The van der Waals surface area contributed by atoms with Crippen molar-refractivity contribution in [3.8, 4) is 5.75 Å². The summed E-state index contributed by atoms with van der Waals surface area (Å²) < 4.78 is 5.95. The van der Waals surface area contributed by atoms with E-state index in [4.69, 9.17) is 14.7 Å². The molecule has 7 heteroatoms. The Morgan fingerprint density at radius 2 is 1.78 bits per heavy atom. The van der Waals surface area contributed by atoms with Crippen molar-refractivity contribution in [3.63, 3.8) is 0 Å². The van der Waals surface area contributed by atoms with Crippen LogP contribution in [0.3, 0.4) is 0 Å². The standard InChI is InChI=1S/C25H31N5O2/c31-24(23-16-18-4-1-2-7-22(18)32-23)29-10-8-19-17-26-25(27-21(19)9-11-29)30-14-12-28(13-15-30)20-5-3-6-20/h1-2,4,7,17,20,23H,3,5-6,8-16H2. The first-order valence-electron chi connectivity index (χ1n) is 12.1. The van der Waals surface area contributed by atoms with Gasteiger partial charge in [-0.2, -0.15) is 0 Å². The van der Waals surface area contributed by atoms with Gasteiger partial charge >= 0.3 is 0 Å². The zero-order valence-electron chi connectivity index (χ0n) is 18.6. The van der Waals surface area contributed by atoms with Crippen molar-refractivity contribution < 1.29 is 9.53 Å². The van der Waals surface area contributed by atoms with E-state index in [2.05, 4.69) is 9.80 Å². The molecule has 6 rings (SSSR count). The highest BCUT2D eigenvalue weighted by atomic mass is 16.5. The smallest absolute Gasteiger partial charge is 0.264 e. The number of carbonyl (C=O) groups excluding carboxylic acids is 1. The largest absolute Gasteiger partial charge is 0.480 e. The normalized spacial score (nSPS) is 23.7. The fourth-order valence-electron chi connectivity index (χ4n) is 5.40. The van der Waals surface area contributed by atoms with Crippen molar-refractivity contribution in [2.45, 2.75) is 50.7 Å². The number of para-hydroxylation sites is 1. The van der Waals surface area contributed by atoms with Gasteiger partial charge in [-0.3, -0.25) is 9.69 Å². The lowest BCUT2D eigenvalue weighted by Gasteiger charge is -2.43. The molecule has 32 heavy (non-hydrogen) atoms. The van der Waals surface area contributed by atoms with Crippen LogP contribution in [0.2, 0.25) is 0 Å². The zero-order chi connectivity index (χ0) is 21.5. The van der Waals surface area contributed by atoms with E-state index in [-0.39, 0.29) is 5.91 Å². The summed E-state index contributed by atoms with van der Waals surface area (Å²) in [6.45, 7) is 5.60. The average Bonchev–Trinajstić information content (AvgIpc) is 3.11. The Bertz CT molecular complexity index is 975. The van der Waals surface area contributed by atoms with Crippen LogP contribution in [0.15, 0.2) is 30.5 Å². The van der Waals surface area contributed by atoms with Crippen molar-refractivity contribution in [3.05, 3.63) is 47.3 Å². The van der Waals surface area contributed by atoms with Gasteiger partial charge in [0.05, 0.1) is 5.69 Å². The maximum absolute atomic E-state index is 13.2. The second kappa shape index (κ2) is 8.35. The number of benzene rings is 1. The number of aromatic nitrogens is 2. The molecule has 1 aliphatic carbocycles. The molecule has 0 N–H and O–H groups in total. The van der Waals surface area contributed by atoms with Crippen LogP contribution in [-0.2, 0) is 24.1 Å². The summed E-state index contributed by atoms with van der Waals surface area (Å²) in [6, 6.07) is 8.76. The summed E-state index contributed by atoms with van der Waals surface area (Å²) in [5, 5.41) is 0. The van der Waals surface area contributed by atoms with E-state index in [1.165, 1.54) is 24.8 Å². The van der Waals surface area contributed by atoms with Crippen molar-refractivity contribution >= 4 is 11.9 Å². The highest BCUT2D eigenvalue weighted by molar-refractivity contribution is 5.82. The average molecular weight is 434 g/mol. The molecule has 1 saturated heterocycles. The topological polar surface area (TPSA) is 61.8 Å². The van der Waals surface area contributed by atoms with Crippen LogP contribution >= 0.6 is 0 Å².